The lowest BCUT2D eigenvalue weighted by atomic mass is 9.99. The van der Waals surface area contributed by atoms with Crippen LogP contribution in [0.2, 0.25) is 5.02 Å². The first kappa shape index (κ1) is 16.0. The third-order valence-electron chi connectivity index (χ3n) is 3.31. The highest BCUT2D eigenvalue weighted by Gasteiger charge is 2.31. The molecule has 1 saturated heterocycles. The van der Waals surface area contributed by atoms with Crippen molar-refractivity contribution in [3.05, 3.63) is 29.0 Å². The first-order valence-electron chi connectivity index (χ1n) is 6.25. The molecule has 1 aliphatic heterocycles. The molecule has 0 saturated carbocycles. The van der Waals surface area contributed by atoms with Crippen LogP contribution >= 0.6 is 11.6 Å². The van der Waals surface area contributed by atoms with E-state index in [0.29, 0.717) is 0 Å². The first-order valence-corrected chi connectivity index (χ1v) is 8.07. The smallest absolute Gasteiger partial charge is 0.306 e. The second kappa shape index (κ2) is 6.17. The van der Waals surface area contributed by atoms with Crippen molar-refractivity contribution < 1.29 is 22.7 Å². The van der Waals surface area contributed by atoms with E-state index in [1.165, 1.54) is 6.07 Å². The number of carboxylic acids is 1. The Labute approximate surface area is 126 Å². The minimum Gasteiger partial charge on any atom is -0.481 e. The molecule has 2 rings (SSSR count). The van der Waals surface area contributed by atoms with Crippen LogP contribution in [0.3, 0.4) is 0 Å². The third-order valence-corrected chi connectivity index (χ3v) is 5.16. The Morgan fingerprint density at radius 2 is 2.00 bits per heavy atom. The largest absolute Gasteiger partial charge is 0.481 e. The van der Waals surface area contributed by atoms with Gasteiger partial charge in [0.2, 0.25) is 0 Å². The van der Waals surface area contributed by atoms with Crippen LogP contribution in [0.1, 0.15) is 12.8 Å². The summed E-state index contributed by atoms with van der Waals surface area (Å²) >= 11 is 5.82. The van der Waals surface area contributed by atoms with Crippen molar-refractivity contribution in [3.63, 3.8) is 0 Å². The van der Waals surface area contributed by atoms with E-state index >= 15 is 0 Å². The molecule has 2 N–H and O–H groups in total. The highest BCUT2D eigenvalue weighted by molar-refractivity contribution is 7.90. The van der Waals surface area contributed by atoms with Crippen molar-refractivity contribution in [2.75, 3.05) is 17.8 Å². The number of anilines is 1. The van der Waals surface area contributed by atoms with E-state index in [9.17, 15) is 17.6 Å². The first-order chi connectivity index (χ1) is 9.79. The predicted molar refractivity (Wildman–Crippen MR) is 75.9 cm³/mol. The summed E-state index contributed by atoms with van der Waals surface area (Å²) < 4.78 is 40.8. The van der Waals surface area contributed by atoms with Gasteiger partial charge in [-0.3, -0.25) is 9.52 Å². The highest BCUT2D eigenvalue weighted by Crippen LogP contribution is 2.26. The minimum absolute atomic E-state index is 0.0444. The number of nitrogens with one attached hydrogen (secondary N) is 1. The molecule has 6 nitrogen and oxygen atoms in total. The van der Waals surface area contributed by atoms with E-state index in [4.69, 9.17) is 16.7 Å². The Hall–Kier alpha value is -1.38. The van der Waals surface area contributed by atoms with E-state index < -0.39 is 27.9 Å². The monoisotopic (exact) mass is 336 g/mol. The summed E-state index contributed by atoms with van der Waals surface area (Å²) in [5.41, 5.74) is -0.0444. The van der Waals surface area contributed by atoms with Gasteiger partial charge in [0.25, 0.3) is 0 Å². The maximum Gasteiger partial charge on any atom is 0.306 e. The second-order valence-electron chi connectivity index (χ2n) is 4.74. The summed E-state index contributed by atoms with van der Waals surface area (Å²) in [7, 11) is -3.89. The van der Waals surface area contributed by atoms with E-state index in [2.05, 4.69) is 4.72 Å². The molecule has 1 aliphatic rings. The molecule has 0 amide bonds. The lowest BCUT2D eigenvalue weighted by Gasteiger charge is -2.29. The average Bonchev–Trinajstić information content (AvgIpc) is 2.43. The number of halogens is 2. The number of nitrogens with zero attached hydrogens (tertiary/aromatic N) is 1. The number of piperidine rings is 1. The Morgan fingerprint density at radius 3 is 2.57 bits per heavy atom. The summed E-state index contributed by atoms with van der Waals surface area (Å²) in [5.74, 6) is -2.07. The van der Waals surface area contributed by atoms with Crippen molar-refractivity contribution in [2.24, 2.45) is 5.92 Å². The SMILES string of the molecule is O=C(O)C1CCN(S(=O)(=O)Nc2cc(F)ccc2Cl)CC1. The normalized spacial score (nSPS) is 17.6. The van der Waals surface area contributed by atoms with Crippen LogP contribution in [0.5, 0.6) is 0 Å². The zero-order valence-corrected chi connectivity index (χ0v) is 12.5. The molecule has 0 spiro atoms. The Balaban J connectivity index is 2.09. The standard InChI is InChI=1S/C12H14ClFN2O4S/c13-10-2-1-9(14)7-11(10)15-21(19,20)16-5-3-8(4-6-16)12(17)18/h1-2,7-8,15H,3-6H2,(H,17,18). The molecule has 0 unspecified atom stereocenters. The molecule has 9 heteroatoms. The second-order valence-corrected chi connectivity index (χ2v) is 6.82. The van der Waals surface area contributed by atoms with Crippen LogP contribution < -0.4 is 4.72 Å². The Morgan fingerprint density at radius 1 is 1.38 bits per heavy atom. The molecule has 1 fully saturated rings. The zero-order valence-electron chi connectivity index (χ0n) is 10.9. The van der Waals surface area contributed by atoms with Gasteiger partial charge in [-0.05, 0) is 31.0 Å². The van der Waals surface area contributed by atoms with Crippen LogP contribution in [0.25, 0.3) is 0 Å². The lowest BCUT2D eigenvalue weighted by Crippen LogP contribution is -2.43. The summed E-state index contributed by atoms with van der Waals surface area (Å²) in [5, 5.41) is 8.97. The fourth-order valence-corrected chi connectivity index (χ4v) is 3.61. The lowest BCUT2D eigenvalue weighted by molar-refractivity contribution is -0.142. The quantitative estimate of drug-likeness (QED) is 0.879. The molecule has 0 bridgehead atoms. The van der Waals surface area contributed by atoms with Crippen molar-refractivity contribution in [3.8, 4) is 0 Å². The van der Waals surface area contributed by atoms with Crippen molar-refractivity contribution >= 4 is 33.5 Å². The zero-order chi connectivity index (χ0) is 15.6. The molecule has 0 aliphatic carbocycles. The summed E-state index contributed by atoms with van der Waals surface area (Å²) in [6, 6.07) is 3.37. The fraction of sp³-hybridized carbons (Fsp3) is 0.417. The van der Waals surface area contributed by atoms with Crippen LogP contribution in [-0.2, 0) is 15.0 Å². The van der Waals surface area contributed by atoms with E-state index in [0.717, 1.165) is 16.4 Å². The van der Waals surface area contributed by atoms with Gasteiger partial charge in [-0.25, -0.2) is 4.39 Å². The fourth-order valence-electron chi connectivity index (χ4n) is 2.12. The molecular weight excluding hydrogens is 323 g/mol. The molecule has 1 aromatic rings. The number of carbonyl (C=O) groups is 1. The number of carboxylic acid groups (broad SMARTS) is 1. The van der Waals surface area contributed by atoms with Crippen LogP contribution in [0.15, 0.2) is 18.2 Å². The average molecular weight is 337 g/mol. The molecule has 0 aromatic heterocycles. The Bertz CT molecular complexity index is 645. The van der Waals surface area contributed by atoms with Gasteiger partial charge in [-0.15, -0.1) is 0 Å². The molecule has 0 atom stereocenters. The Kier molecular flexibility index (Phi) is 4.70. The van der Waals surface area contributed by atoms with Gasteiger partial charge < -0.3 is 5.11 Å². The van der Waals surface area contributed by atoms with Gasteiger partial charge in [0.15, 0.2) is 0 Å². The molecule has 0 radical (unpaired) electrons. The molecule has 1 heterocycles. The maximum absolute atomic E-state index is 13.1. The third kappa shape index (κ3) is 3.84. The maximum atomic E-state index is 13.1. The van der Waals surface area contributed by atoms with E-state index in [1.54, 1.807) is 0 Å². The predicted octanol–water partition coefficient (Wildman–Crippen LogP) is 1.93. The van der Waals surface area contributed by atoms with Gasteiger partial charge in [0.05, 0.1) is 16.6 Å². The number of hydrogen-bond donors (Lipinski definition) is 2. The molecule has 21 heavy (non-hydrogen) atoms. The molecule has 116 valence electrons. The van der Waals surface area contributed by atoms with Gasteiger partial charge >= 0.3 is 16.2 Å². The van der Waals surface area contributed by atoms with Crippen LogP contribution in [0.4, 0.5) is 10.1 Å². The highest BCUT2D eigenvalue weighted by atomic mass is 35.5. The van der Waals surface area contributed by atoms with Crippen LogP contribution in [-0.4, -0.2) is 36.9 Å². The molecule has 1 aromatic carbocycles. The summed E-state index contributed by atoms with van der Waals surface area (Å²) in [4.78, 5) is 10.8. The minimum atomic E-state index is -3.89. The van der Waals surface area contributed by atoms with E-state index in [1.807, 2.05) is 0 Å². The number of rotatable bonds is 4. The number of benzene rings is 1. The topological polar surface area (TPSA) is 86.7 Å². The van der Waals surface area contributed by atoms with Gasteiger partial charge in [0, 0.05) is 13.1 Å². The van der Waals surface area contributed by atoms with Crippen molar-refractivity contribution in [1.29, 1.82) is 0 Å². The molecular formula is C12H14ClFN2O4S. The van der Waals surface area contributed by atoms with Gasteiger partial charge in [-0.1, -0.05) is 11.6 Å². The van der Waals surface area contributed by atoms with Crippen molar-refractivity contribution in [2.45, 2.75) is 12.8 Å². The van der Waals surface area contributed by atoms with E-state index in [-0.39, 0.29) is 36.6 Å². The summed E-state index contributed by atoms with van der Waals surface area (Å²) in [6.45, 7) is 0.193. The summed E-state index contributed by atoms with van der Waals surface area (Å²) in [6.07, 6.45) is 0.486. The van der Waals surface area contributed by atoms with Gasteiger partial charge in [-0.2, -0.15) is 12.7 Å². The number of aliphatic carboxylic acids is 1. The van der Waals surface area contributed by atoms with Gasteiger partial charge in [0.1, 0.15) is 5.82 Å². The number of hydrogen-bond acceptors (Lipinski definition) is 3. The van der Waals surface area contributed by atoms with Crippen molar-refractivity contribution in [1.82, 2.24) is 4.31 Å². The van der Waals surface area contributed by atoms with Crippen LogP contribution in [0, 0.1) is 11.7 Å².